The fourth-order valence-corrected chi connectivity index (χ4v) is 1.53. The lowest BCUT2D eigenvalue weighted by atomic mass is 9.98. The first-order valence-corrected chi connectivity index (χ1v) is 4.80. The van der Waals surface area contributed by atoms with Crippen molar-refractivity contribution in [1.82, 2.24) is 0 Å². The van der Waals surface area contributed by atoms with Gasteiger partial charge < -0.3 is 10.8 Å². The van der Waals surface area contributed by atoms with E-state index in [1.165, 1.54) is 12.1 Å². The molecule has 2 nitrogen and oxygen atoms in total. The third kappa shape index (κ3) is 2.80. The second-order valence-electron chi connectivity index (χ2n) is 3.93. The van der Waals surface area contributed by atoms with Crippen molar-refractivity contribution in [2.75, 3.05) is 0 Å². The quantitative estimate of drug-likeness (QED) is 0.752. The van der Waals surface area contributed by atoms with E-state index >= 15 is 0 Å². The van der Waals surface area contributed by atoms with Crippen LogP contribution in [-0.2, 0) is 0 Å². The van der Waals surface area contributed by atoms with Gasteiger partial charge in [0.15, 0.2) is 0 Å². The van der Waals surface area contributed by atoms with E-state index in [9.17, 15) is 9.50 Å². The molecule has 0 fully saturated rings. The summed E-state index contributed by atoms with van der Waals surface area (Å²) in [4.78, 5) is 0. The van der Waals surface area contributed by atoms with Crippen molar-refractivity contribution >= 4 is 0 Å². The molecule has 0 aliphatic heterocycles. The van der Waals surface area contributed by atoms with E-state index in [0.717, 1.165) is 5.57 Å². The molecule has 0 bridgehead atoms. The summed E-state index contributed by atoms with van der Waals surface area (Å²) in [7, 11) is 0. The predicted molar refractivity (Wildman–Crippen MR) is 59.2 cm³/mol. The van der Waals surface area contributed by atoms with Gasteiger partial charge in [-0.25, -0.2) is 4.39 Å². The molecule has 0 saturated heterocycles. The molecule has 0 amide bonds. The van der Waals surface area contributed by atoms with Gasteiger partial charge in [0.1, 0.15) is 11.6 Å². The molecular formula is C12H16FNO. The van der Waals surface area contributed by atoms with Gasteiger partial charge in [-0.3, -0.25) is 0 Å². The van der Waals surface area contributed by atoms with Gasteiger partial charge in [-0.05, 0) is 38.0 Å². The van der Waals surface area contributed by atoms with Crippen LogP contribution in [0.1, 0.15) is 30.5 Å². The van der Waals surface area contributed by atoms with E-state index < -0.39 is 6.04 Å². The van der Waals surface area contributed by atoms with E-state index in [-0.39, 0.29) is 11.6 Å². The number of aromatic hydroxyl groups is 1. The number of benzene rings is 1. The Morgan fingerprint density at radius 3 is 2.73 bits per heavy atom. The van der Waals surface area contributed by atoms with E-state index in [4.69, 9.17) is 5.73 Å². The van der Waals surface area contributed by atoms with Crippen LogP contribution in [0.2, 0.25) is 0 Å². The van der Waals surface area contributed by atoms with Crippen LogP contribution in [0.25, 0.3) is 0 Å². The van der Waals surface area contributed by atoms with Crippen LogP contribution in [0.3, 0.4) is 0 Å². The smallest absolute Gasteiger partial charge is 0.124 e. The topological polar surface area (TPSA) is 46.2 Å². The Bertz CT molecular complexity index is 387. The minimum Gasteiger partial charge on any atom is -0.507 e. The molecular weight excluding hydrogens is 193 g/mol. The molecule has 0 unspecified atom stereocenters. The third-order valence-corrected chi connectivity index (χ3v) is 2.26. The van der Waals surface area contributed by atoms with Crippen molar-refractivity contribution in [2.24, 2.45) is 5.73 Å². The molecule has 3 heteroatoms. The Labute approximate surface area is 89.2 Å². The summed E-state index contributed by atoms with van der Waals surface area (Å²) in [5, 5.41) is 9.73. The maximum absolute atomic E-state index is 13.1. The van der Waals surface area contributed by atoms with Crippen molar-refractivity contribution < 1.29 is 9.50 Å². The fourth-order valence-electron chi connectivity index (χ4n) is 1.53. The van der Waals surface area contributed by atoms with Crippen LogP contribution in [0, 0.1) is 12.7 Å². The van der Waals surface area contributed by atoms with E-state index in [2.05, 4.69) is 6.58 Å². The van der Waals surface area contributed by atoms with Gasteiger partial charge in [-0.1, -0.05) is 5.57 Å². The normalized spacial score (nSPS) is 12.5. The van der Waals surface area contributed by atoms with Crippen molar-refractivity contribution in [3.8, 4) is 5.75 Å². The molecule has 1 aromatic carbocycles. The molecule has 0 aliphatic rings. The highest BCUT2D eigenvalue weighted by atomic mass is 19.1. The van der Waals surface area contributed by atoms with Gasteiger partial charge in [-0.2, -0.15) is 0 Å². The number of phenols is 1. The van der Waals surface area contributed by atoms with Crippen molar-refractivity contribution in [3.63, 3.8) is 0 Å². The molecule has 0 aromatic heterocycles. The molecule has 1 atom stereocenters. The molecule has 1 aromatic rings. The number of halogens is 1. The summed E-state index contributed by atoms with van der Waals surface area (Å²) in [5.74, 6) is -0.303. The van der Waals surface area contributed by atoms with Crippen LogP contribution in [-0.4, -0.2) is 5.11 Å². The number of hydrogen-bond donors (Lipinski definition) is 2. The lowest BCUT2D eigenvalue weighted by Crippen LogP contribution is -2.11. The van der Waals surface area contributed by atoms with Crippen LogP contribution in [0.15, 0.2) is 24.3 Å². The van der Waals surface area contributed by atoms with Gasteiger partial charge in [0.05, 0.1) is 0 Å². The zero-order chi connectivity index (χ0) is 11.6. The van der Waals surface area contributed by atoms with E-state index in [1.807, 2.05) is 6.92 Å². The molecule has 3 N–H and O–H groups in total. The first-order chi connectivity index (χ1) is 6.91. The lowest BCUT2D eigenvalue weighted by Gasteiger charge is -2.15. The number of rotatable bonds is 3. The van der Waals surface area contributed by atoms with Crippen LogP contribution in [0.5, 0.6) is 5.75 Å². The SMILES string of the molecule is C=C(C)C[C@@H](N)c1cc(F)cc(C)c1O. The fraction of sp³-hybridized carbons (Fsp3) is 0.333. The highest BCUT2D eigenvalue weighted by Crippen LogP contribution is 2.30. The Hall–Kier alpha value is -1.35. The monoisotopic (exact) mass is 209 g/mol. The highest BCUT2D eigenvalue weighted by Gasteiger charge is 2.14. The summed E-state index contributed by atoms with van der Waals surface area (Å²) >= 11 is 0. The summed E-state index contributed by atoms with van der Waals surface area (Å²) in [6, 6.07) is 2.15. The van der Waals surface area contributed by atoms with Gasteiger partial charge in [0.25, 0.3) is 0 Å². The van der Waals surface area contributed by atoms with Crippen LogP contribution >= 0.6 is 0 Å². The van der Waals surface area contributed by atoms with Crippen LogP contribution < -0.4 is 5.73 Å². The first-order valence-electron chi connectivity index (χ1n) is 4.80. The molecule has 1 rings (SSSR count). The molecule has 0 spiro atoms. The Morgan fingerprint density at radius 1 is 1.60 bits per heavy atom. The van der Waals surface area contributed by atoms with Crippen molar-refractivity contribution in [1.29, 1.82) is 0 Å². The highest BCUT2D eigenvalue weighted by molar-refractivity contribution is 5.42. The van der Waals surface area contributed by atoms with Crippen LogP contribution in [0.4, 0.5) is 4.39 Å². The molecule has 0 heterocycles. The van der Waals surface area contributed by atoms with Gasteiger partial charge in [0.2, 0.25) is 0 Å². The van der Waals surface area contributed by atoms with Crippen molar-refractivity contribution in [3.05, 3.63) is 41.2 Å². The minimum absolute atomic E-state index is 0.0742. The maximum Gasteiger partial charge on any atom is 0.124 e. The van der Waals surface area contributed by atoms with Gasteiger partial charge in [-0.15, -0.1) is 6.58 Å². The Kier molecular flexibility index (Phi) is 3.48. The molecule has 82 valence electrons. The number of phenolic OH excluding ortho intramolecular Hbond substituents is 1. The molecule has 0 saturated carbocycles. The minimum atomic E-state index is -0.406. The average Bonchev–Trinajstić information content (AvgIpc) is 2.09. The zero-order valence-corrected chi connectivity index (χ0v) is 9.05. The number of nitrogens with two attached hydrogens (primary N) is 1. The standard InChI is InChI=1S/C12H16FNO/c1-7(2)4-11(14)10-6-9(13)5-8(3)12(10)15/h5-6,11,15H,1,4,14H2,2-3H3/t11-/m1/s1. The van der Waals surface area contributed by atoms with E-state index in [1.54, 1.807) is 6.92 Å². The Morgan fingerprint density at radius 2 is 2.20 bits per heavy atom. The van der Waals surface area contributed by atoms with Gasteiger partial charge >= 0.3 is 0 Å². The molecule has 0 radical (unpaired) electrons. The number of hydrogen-bond acceptors (Lipinski definition) is 2. The zero-order valence-electron chi connectivity index (χ0n) is 9.05. The Balaban J connectivity index is 3.07. The van der Waals surface area contributed by atoms with Gasteiger partial charge in [0, 0.05) is 11.6 Å². The second-order valence-corrected chi connectivity index (χ2v) is 3.93. The summed E-state index contributed by atoms with van der Waals surface area (Å²) < 4.78 is 13.1. The van der Waals surface area contributed by atoms with Crippen molar-refractivity contribution in [2.45, 2.75) is 26.3 Å². The van der Waals surface area contributed by atoms with E-state index in [0.29, 0.717) is 17.5 Å². The largest absolute Gasteiger partial charge is 0.507 e. The molecule has 0 aliphatic carbocycles. The molecule has 15 heavy (non-hydrogen) atoms. The first kappa shape index (κ1) is 11.7. The summed E-state index contributed by atoms with van der Waals surface area (Å²) in [6.45, 7) is 7.24. The predicted octanol–water partition coefficient (Wildman–Crippen LogP) is 2.81. The number of aryl methyl sites for hydroxylation is 1. The third-order valence-electron chi connectivity index (χ3n) is 2.26. The average molecular weight is 209 g/mol. The summed E-state index contributed by atoms with van der Waals surface area (Å²) in [6.07, 6.45) is 0.538. The second kappa shape index (κ2) is 4.45. The summed E-state index contributed by atoms with van der Waals surface area (Å²) in [5.41, 5.74) is 7.70. The maximum atomic E-state index is 13.1. The lowest BCUT2D eigenvalue weighted by molar-refractivity contribution is 0.453.